The van der Waals surface area contributed by atoms with Crippen molar-refractivity contribution in [1.82, 2.24) is 10.2 Å². The Hall–Kier alpha value is -1.14. The third-order valence-corrected chi connectivity index (χ3v) is 3.17. The normalized spacial score (nSPS) is 18.9. The van der Waals surface area contributed by atoms with E-state index in [1.54, 1.807) is 4.90 Å². The second-order valence-corrected chi connectivity index (χ2v) is 5.49. The van der Waals surface area contributed by atoms with E-state index in [2.05, 4.69) is 23.9 Å². The number of amides is 1. The molecule has 6 heteroatoms. The number of carbonyl (C=O) groups excluding carboxylic acids is 2. The summed E-state index contributed by atoms with van der Waals surface area (Å²) in [5.41, 5.74) is 0. The van der Waals surface area contributed by atoms with Crippen molar-refractivity contribution in [2.45, 2.75) is 32.7 Å². The van der Waals surface area contributed by atoms with Gasteiger partial charge >= 0.3 is 5.97 Å². The Kier molecular flexibility index (Phi) is 7.54. The zero-order valence-corrected chi connectivity index (χ0v) is 12.7. The quantitative estimate of drug-likeness (QED) is 0.687. The van der Waals surface area contributed by atoms with Crippen LogP contribution in [0.3, 0.4) is 0 Å². The molecular weight excluding hydrogens is 260 g/mol. The van der Waals surface area contributed by atoms with Crippen LogP contribution in [0.4, 0.5) is 0 Å². The van der Waals surface area contributed by atoms with Crippen molar-refractivity contribution in [3.05, 3.63) is 0 Å². The van der Waals surface area contributed by atoms with Crippen molar-refractivity contribution in [1.29, 1.82) is 0 Å². The lowest BCUT2D eigenvalue weighted by atomic mass is 10.1. The van der Waals surface area contributed by atoms with Crippen LogP contribution in [0.2, 0.25) is 0 Å². The number of rotatable bonds is 7. The molecule has 0 spiro atoms. The molecule has 0 radical (unpaired) electrons. The Labute approximate surface area is 120 Å². The first-order chi connectivity index (χ1) is 9.52. The minimum absolute atomic E-state index is 0.0607. The van der Waals surface area contributed by atoms with E-state index in [1.807, 2.05) is 0 Å². The van der Waals surface area contributed by atoms with Gasteiger partial charge in [0.2, 0.25) is 5.91 Å². The summed E-state index contributed by atoms with van der Waals surface area (Å²) in [5.74, 6) is 0.142. The number of nitrogens with one attached hydrogen (secondary N) is 1. The largest absolute Gasteiger partial charge is 0.469 e. The van der Waals surface area contributed by atoms with Gasteiger partial charge in [-0.1, -0.05) is 13.8 Å². The van der Waals surface area contributed by atoms with Gasteiger partial charge in [-0.3, -0.25) is 9.59 Å². The van der Waals surface area contributed by atoms with Gasteiger partial charge in [-0.05, 0) is 5.92 Å². The number of hydrogen-bond acceptors (Lipinski definition) is 5. The SMILES string of the molecule is COC(=O)CCN(CC(C)C)C(=O)CC1COCCN1. The molecule has 0 aromatic carbocycles. The van der Waals surface area contributed by atoms with Crippen molar-refractivity contribution in [3.63, 3.8) is 0 Å². The molecule has 1 aliphatic heterocycles. The fourth-order valence-corrected chi connectivity index (χ4v) is 2.18. The summed E-state index contributed by atoms with van der Waals surface area (Å²) in [7, 11) is 1.36. The molecule has 1 amide bonds. The van der Waals surface area contributed by atoms with Gasteiger partial charge in [0, 0.05) is 32.1 Å². The molecular formula is C14H26N2O4. The minimum atomic E-state index is -0.286. The molecule has 1 atom stereocenters. The van der Waals surface area contributed by atoms with Crippen LogP contribution in [-0.2, 0) is 19.1 Å². The lowest BCUT2D eigenvalue weighted by molar-refractivity contribution is -0.142. The van der Waals surface area contributed by atoms with Crippen LogP contribution in [0.1, 0.15) is 26.7 Å². The van der Waals surface area contributed by atoms with Gasteiger partial charge in [-0.15, -0.1) is 0 Å². The number of nitrogens with zero attached hydrogens (tertiary/aromatic N) is 1. The van der Waals surface area contributed by atoms with Crippen molar-refractivity contribution < 1.29 is 19.1 Å². The van der Waals surface area contributed by atoms with Crippen LogP contribution < -0.4 is 5.32 Å². The number of methoxy groups -OCH3 is 1. The topological polar surface area (TPSA) is 67.9 Å². The summed E-state index contributed by atoms with van der Waals surface area (Å²) < 4.78 is 9.98. The molecule has 116 valence electrons. The van der Waals surface area contributed by atoms with E-state index in [0.29, 0.717) is 38.6 Å². The predicted octanol–water partition coefficient (Wildman–Crippen LogP) is 0.413. The Morgan fingerprint density at radius 2 is 2.20 bits per heavy atom. The fraction of sp³-hybridized carbons (Fsp3) is 0.857. The number of hydrogen-bond donors (Lipinski definition) is 1. The summed E-state index contributed by atoms with van der Waals surface area (Å²) in [6.07, 6.45) is 0.650. The van der Waals surface area contributed by atoms with Crippen molar-refractivity contribution in [2.24, 2.45) is 5.92 Å². The number of ether oxygens (including phenoxy) is 2. The van der Waals surface area contributed by atoms with E-state index in [-0.39, 0.29) is 24.3 Å². The van der Waals surface area contributed by atoms with E-state index in [4.69, 9.17) is 4.74 Å². The Bertz CT molecular complexity index is 314. The molecule has 1 saturated heterocycles. The average Bonchev–Trinajstić information content (AvgIpc) is 2.43. The van der Waals surface area contributed by atoms with Crippen LogP contribution in [0.25, 0.3) is 0 Å². The Morgan fingerprint density at radius 3 is 2.75 bits per heavy atom. The number of carbonyl (C=O) groups is 2. The number of esters is 1. The highest BCUT2D eigenvalue weighted by molar-refractivity contribution is 5.78. The first-order valence-corrected chi connectivity index (χ1v) is 7.18. The summed E-state index contributed by atoms with van der Waals surface area (Å²) in [4.78, 5) is 25.3. The maximum absolute atomic E-state index is 12.3. The molecule has 1 unspecified atom stereocenters. The Balaban J connectivity index is 2.47. The zero-order chi connectivity index (χ0) is 15.0. The highest BCUT2D eigenvalue weighted by Gasteiger charge is 2.22. The van der Waals surface area contributed by atoms with Gasteiger partial charge in [-0.25, -0.2) is 0 Å². The monoisotopic (exact) mass is 286 g/mol. The van der Waals surface area contributed by atoms with Crippen molar-refractivity contribution >= 4 is 11.9 Å². The van der Waals surface area contributed by atoms with Crippen LogP contribution in [0, 0.1) is 5.92 Å². The Morgan fingerprint density at radius 1 is 1.45 bits per heavy atom. The maximum Gasteiger partial charge on any atom is 0.307 e. The second-order valence-electron chi connectivity index (χ2n) is 5.49. The smallest absolute Gasteiger partial charge is 0.307 e. The first kappa shape index (κ1) is 16.9. The van der Waals surface area contributed by atoms with Gasteiger partial charge in [0.1, 0.15) is 0 Å². The molecule has 20 heavy (non-hydrogen) atoms. The van der Waals surface area contributed by atoms with Crippen LogP contribution in [0.5, 0.6) is 0 Å². The lowest BCUT2D eigenvalue weighted by Gasteiger charge is -2.28. The molecule has 0 aromatic rings. The fourth-order valence-electron chi connectivity index (χ4n) is 2.18. The highest BCUT2D eigenvalue weighted by atomic mass is 16.5. The van der Waals surface area contributed by atoms with Crippen LogP contribution >= 0.6 is 0 Å². The minimum Gasteiger partial charge on any atom is -0.469 e. The summed E-state index contributed by atoms with van der Waals surface area (Å²) in [5, 5.41) is 3.27. The molecule has 6 nitrogen and oxygen atoms in total. The second kappa shape index (κ2) is 8.92. The van der Waals surface area contributed by atoms with E-state index < -0.39 is 0 Å². The maximum atomic E-state index is 12.3. The van der Waals surface area contributed by atoms with Gasteiger partial charge in [0.25, 0.3) is 0 Å². The molecule has 1 heterocycles. The van der Waals surface area contributed by atoms with Gasteiger partial charge < -0.3 is 19.7 Å². The molecule has 1 rings (SSSR count). The van der Waals surface area contributed by atoms with Crippen LogP contribution in [-0.4, -0.2) is 62.8 Å². The summed E-state index contributed by atoms with van der Waals surface area (Å²) >= 11 is 0. The summed E-state index contributed by atoms with van der Waals surface area (Å²) in [6, 6.07) is 0.0732. The van der Waals surface area contributed by atoms with E-state index >= 15 is 0 Å². The predicted molar refractivity (Wildman–Crippen MR) is 75.3 cm³/mol. The van der Waals surface area contributed by atoms with Crippen molar-refractivity contribution in [2.75, 3.05) is 40.0 Å². The third-order valence-electron chi connectivity index (χ3n) is 3.17. The number of morpholine rings is 1. The van der Waals surface area contributed by atoms with Crippen molar-refractivity contribution in [3.8, 4) is 0 Å². The molecule has 1 fully saturated rings. The third kappa shape index (κ3) is 6.34. The zero-order valence-electron chi connectivity index (χ0n) is 12.7. The van der Waals surface area contributed by atoms with Gasteiger partial charge in [0.15, 0.2) is 0 Å². The van der Waals surface area contributed by atoms with Gasteiger partial charge in [-0.2, -0.15) is 0 Å². The molecule has 0 saturated carbocycles. The molecule has 0 aliphatic carbocycles. The van der Waals surface area contributed by atoms with E-state index in [9.17, 15) is 9.59 Å². The lowest BCUT2D eigenvalue weighted by Crippen LogP contribution is -2.46. The highest BCUT2D eigenvalue weighted by Crippen LogP contribution is 2.07. The average molecular weight is 286 g/mol. The standard InChI is InChI=1S/C14H26N2O4/c1-11(2)9-16(6-4-14(18)19-3)13(17)8-12-10-20-7-5-15-12/h11-12,15H,4-10H2,1-3H3. The first-order valence-electron chi connectivity index (χ1n) is 7.18. The van der Waals surface area contributed by atoms with E-state index in [1.165, 1.54) is 7.11 Å². The van der Waals surface area contributed by atoms with E-state index in [0.717, 1.165) is 6.54 Å². The molecule has 0 aromatic heterocycles. The van der Waals surface area contributed by atoms with Gasteiger partial charge in [0.05, 0.1) is 26.7 Å². The summed E-state index contributed by atoms with van der Waals surface area (Å²) in [6.45, 7) is 7.23. The van der Waals surface area contributed by atoms with Crippen LogP contribution in [0.15, 0.2) is 0 Å². The molecule has 1 aliphatic rings. The molecule has 1 N–H and O–H groups in total. The molecule has 0 bridgehead atoms.